The largest absolute Gasteiger partial charge is 0.255 e. The molecule has 0 fully saturated rings. The van der Waals surface area contributed by atoms with E-state index in [0.29, 0.717) is 5.92 Å². The number of hydrogen-bond donors (Lipinski definition) is 0. The molecule has 2 nitrogen and oxygen atoms in total. The molecule has 2 aliphatic rings. The summed E-state index contributed by atoms with van der Waals surface area (Å²) >= 11 is 0. The van der Waals surface area contributed by atoms with Crippen LogP contribution in [0.15, 0.2) is 72.3 Å². The van der Waals surface area contributed by atoms with Crippen LogP contribution < -0.4 is 4.90 Å². The first kappa shape index (κ1) is 25.5. The van der Waals surface area contributed by atoms with Crippen LogP contribution in [0.2, 0.25) is 0 Å². The summed E-state index contributed by atoms with van der Waals surface area (Å²) in [7, 11) is 0. The number of benzene rings is 3. The minimum Gasteiger partial charge on any atom is -0.255 e. The first-order chi connectivity index (χ1) is 18.3. The molecule has 190 valence electrons. The number of nitrogens with zero attached hydrogens (tertiary/aromatic N) is 2. The molecule has 0 saturated carbocycles. The number of halogens is 2. The second-order valence-corrected chi connectivity index (χ2v) is 10.3. The summed E-state index contributed by atoms with van der Waals surface area (Å²) in [6, 6.07) is 16.8. The summed E-state index contributed by atoms with van der Waals surface area (Å²) < 4.78 is 28.8. The quantitative estimate of drug-likeness (QED) is 0.286. The maximum atomic E-state index is 13.2. The molecule has 4 heteroatoms. The molecular weight excluding hydrogens is 474 g/mol. The van der Waals surface area contributed by atoms with Crippen molar-refractivity contribution >= 4 is 12.0 Å². The van der Waals surface area contributed by atoms with E-state index in [2.05, 4.69) is 85.4 Å². The molecule has 2 atom stereocenters. The first-order valence-electron chi connectivity index (χ1n) is 13.0. The summed E-state index contributed by atoms with van der Waals surface area (Å²) in [6.45, 7) is 10.6. The molecule has 0 radical (unpaired) electrons. The Morgan fingerprint density at radius 1 is 0.842 bits per heavy atom. The van der Waals surface area contributed by atoms with Gasteiger partial charge in [0.1, 0.15) is 36.0 Å². The van der Waals surface area contributed by atoms with Crippen molar-refractivity contribution < 1.29 is 13.4 Å². The highest BCUT2D eigenvalue weighted by molar-refractivity contribution is 5.81. The van der Waals surface area contributed by atoms with Crippen LogP contribution in [-0.4, -0.2) is 29.5 Å². The first-order valence-corrected chi connectivity index (χ1v) is 13.0. The monoisotopic (exact) mass is 505 g/mol. The second kappa shape index (κ2) is 10.3. The van der Waals surface area contributed by atoms with Crippen molar-refractivity contribution in [2.45, 2.75) is 39.7 Å². The SMILES string of the molecule is CC[C@H]1C(C#Cc2ccc(F)cc2)=CC1(C)[N+]1=CN(c2c(C)cc(C#Cc3ccc(F)cc3)cc2C)CC1. The normalized spacial score (nSPS) is 19.9. The third-order valence-electron chi connectivity index (χ3n) is 7.59. The Kier molecular flexibility index (Phi) is 6.92. The van der Waals surface area contributed by atoms with Crippen LogP contribution in [0.4, 0.5) is 14.5 Å². The molecule has 0 spiro atoms. The lowest BCUT2D eigenvalue weighted by Gasteiger charge is -2.41. The molecule has 1 aliphatic heterocycles. The molecule has 0 amide bonds. The topological polar surface area (TPSA) is 6.25 Å². The van der Waals surface area contributed by atoms with Gasteiger partial charge in [-0.15, -0.1) is 0 Å². The lowest BCUT2D eigenvalue weighted by Crippen LogP contribution is -2.51. The molecular formula is C34H31F2N2+. The molecule has 0 saturated heterocycles. The van der Waals surface area contributed by atoms with Gasteiger partial charge in [-0.25, -0.2) is 13.7 Å². The van der Waals surface area contributed by atoms with Crippen LogP contribution in [0.1, 0.15) is 48.1 Å². The highest BCUT2D eigenvalue weighted by Gasteiger charge is 2.49. The maximum Gasteiger partial charge on any atom is 0.240 e. The van der Waals surface area contributed by atoms with Crippen molar-refractivity contribution in [1.29, 1.82) is 0 Å². The Bertz CT molecular complexity index is 1530. The maximum absolute atomic E-state index is 13.2. The zero-order valence-corrected chi connectivity index (χ0v) is 22.3. The second-order valence-electron chi connectivity index (χ2n) is 10.3. The Morgan fingerprint density at radius 3 is 1.92 bits per heavy atom. The van der Waals surface area contributed by atoms with E-state index >= 15 is 0 Å². The van der Waals surface area contributed by atoms with Gasteiger partial charge in [-0.3, -0.25) is 4.58 Å². The van der Waals surface area contributed by atoms with Gasteiger partial charge in [0, 0.05) is 28.2 Å². The standard InChI is InChI=1S/C34H31F2N2/c1-5-32-29(13-8-27-11-16-31(36)17-12-27)22-34(32,4)38-19-18-37(23-38)33-24(2)20-28(21-25(33)3)7-6-26-9-14-30(35)15-10-26/h9-12,14-17,20-23,32H,5,18-19H2,1-4H3/q+1/t32-,34?/m0/s1. The van der Waals surface area contributed by atoms with Crippen molar-refractivity contribution in [2.75, 3.05) is 18.0 Å². The molecule has 38 heavy (non-hydrogen) atoms. The highest BCUT2D eigenvalue weighted by Crippen LogP contribution is 2.42. The van der Waals surface area contributed by atoms with E-state index in [-0.39, 0.29) is 17.2 Å². The molecule has 1 heterocycles. The Balaban J connectivity index is 1.36. The van der Waals surface area contributed by atoms with Gasteiger partial charge in [0.2, 0.25) is 6.34 Å². The van der Waals surface area contributed by atoms with E-state index < -0.39 is 0 Å². The number of anilines is 1. The van der Waals surface area contributed by atoms with Crippen LogP contribution >= 0.6 is 0 Å². The Morgan fingerprint density at radius 2 is 1.37 bits per heavy atom. The van der Waals surface area contributed by atoms with E-state index in [4.69, 9.17) is 0 Å². The smallest absolute Gasteiger partial charge is 0.240 e. The zero-order chi connectivity index (χ0) is 26.9. The average Bonchev–Trinajstić information content (AvgIpc) is 3.37. The summed E-state index contributed by atoms with van der Waals surface area (Å²) in [5.74, 6) is 12.7. The van der Waals surface area contributed by atoms with Crippen molar-refractivity contribution in [3.05, 3.63) is 112 Å². The molecule has 3 aromatic carbocycles. The molecule has 3 aromatic rings. The van der Waals surface area contributed by atoms with Crippen LogP contribution in [0.3, 0.4) is 0 Å². The van der Waals surface area contributed by atoms with Crippen LogP contribution in [-0.2, 0) is 0 Å². The lowest BCUT2D eigenvalue weighted by atomic mass is 9.67. The van der Waals surface area contributed by atoms with E-state index in [0.717, 1.165) is 41.8 Å². The molecule has 5 rings (SSSR count). The Labute approximate surface area is 224 Å². The van der Waals surface area contributed by atoms with Crippen molar-refractivity contribution in [1.82, 2.24) is 0 Å². The van der Waals surface area contributed by atoms with Crippen LogP contribution in [0.25, 0.3) is 0 Å². The average molecular weight is 506 g/mol. The third kappa shape index (κ3) is 5.00. The van der Waals surface area contributed by atoms with Crippen LogP contribution in [0.5, 0.6) is 0 Å². The molecule has 1 unspecified atom stereocenters. The van der Waals surface area contributed by atoms with Crippen molar-refractivity contribution in [3.63, 3.8) is 0 Å². The fraction of sp³-hybridized carbons (Fsp3) is 0.265. The van der Waals surface area contributed by atoms with E-state index in [9.17, 15) is 8.78 Å². The van der Waals surface area contributed by atoms with Crippen molar-refractivity contribution in [2.24, 2.45) is 5.92 Å². The summed E-state index contributed by atoms with van der Waals surface area (Å²) in [5.41, 5.74) is 7.22. The Hall–Kier alpha value is -4.15. The summed E-state index contributed by atoms with van der Waals surface area (Å²) in [5, 5.41) is 0. The van der Waals surface area contributed by atoms with Gasteiger partial charge in [0.05, 0.1) is 0 Å². The number of rotatable bonds is 3. The zero-order valence-electron chi connectivity index (χ0n) is 22.3. The van der Waals surface area contributed by atoms with Gasteiger partial charge >= 0.3 is 0 Å². The van der Waals surface area contributed by atoms with Gasteiger partial charge in [-0.2, -0.15) is 0 Å². The van der Waals surface area contributed by atoms with Gasteiger partial charge in [0.15, 0.2) is 0 Å². The summed E-state index contributed by atoms with van der Waals surface area (Å²) in [6.07, 6.45) is 5.54. The van der Waals surface area contributed by atoms with E-state index in [1.54, 1.807) is 24.3 Å². The third-order valence-corrected chi connectivity index (χ3v) is 7.59. The molecule has 0 N–H and O–H groups in total. The summed E-state index contributed by atoms with van der Waals surface area (Å²) in [4.78, 5) is 2.34. The minimum absolute atomic E-state index is 0.0846. The van der Waals surface area contributed by atoms with Gasteiger partial charge in [-0.1, -0.05) is 30.6 Å². The predicted molar refractivity (Wildman–Crippen MR) is 150 cm³/mol. The molecule has 0 bridgehead atoms. The molecule has 0 aromatic heterocycles. The predicted octanol–water partition coefficient (Wildman–Crippen LogP) is 6.62. The van der Waals surface area contributed by atoms with Gasteiger partial charge < -0.3 is 0 Å². The fourth-order valence-electron chi connectivity index (χ4n) is 5.64. The van der Waals surface area contributed by atoms with Gasteiger partial charge in [0.25, 0.3) is 0 Å². The van der Waals surface area contributed by atoms with E-state index in [1.807, 2.05) is 0 Å². The number of aryl methyl sites for hydroxylation is 2. The van der Waals surface area contributed by atoms with E-state index in [1.165, 1.54) is 41.1 Å². The van der Waals surface area contributed by atoms with Gasteiger partial charge in [-0.05, 0) is 105 Å². The van der Waals surface area contributed by atoms with Crippen molar-refractivity contribution in [3.8, 4) is 23.7 Å². The minimum atomic E-state index is -0.256. The van der Waals surface area contributed by atoms with Crippen LogP contribution in [0, 0.1) is 55.1 Å². The number of hydrogen-bond acceptors (Lipinski definition) is 1. The molecule has 1 aliphatic carbocycles. The highest BCUT2D eigenvalue weighted by atomic mass is 19.1. The fourth-order valence-corrected chi connectivity index (χ4v) is 5.64. The lowest BCUT2D eigenvalue weighted by molar-refractivity contribution is -0.592.